The molecular weight excluding hydrogens is 224 g/mol. The number of hydrogen-bond acceptors (Lipinski definition) is 2. The van der Waals surface area contributed by atoms with Gasteiger partial charge in [-0.25, -0.2) is 0 Å². The smallest absolute Gasteiger partial charge is 0.0924 e. The van der Waals surface area contributed by atoms with E-state index in [1.54, 1.807) is 20.1 Å². The van der Waals surface area contributed by atoms with Crippen molar-refractivity contribution in [1.29, 1.82) is 0 Å². The summed E-state index contributed by atoms with van der Waals surface area (Å²) in [6, 6.07) is 0. The van der Waals surface area contributed by atoms with Crippen molar-refractivity contribution in [2.75, 3.05) is 7.11 Å². The van der Waals surface area contributed by atoms with Gasteiger partial charge in [-0.05, 0) is 39.8 Å². The highest BCUT2D eigenvalue weighted by Crippen LogP contribution is 2.34. The Morgan fingerprint density at radius 3 is 1.72 bits per heavy atom. The number of rotatable bonds is 5. The van der Waals surface area contributed by atoms with Gasteiger partial charge in [0.15, 0.2) is 0 Å². The zero-order chi connectivity index (χ0) is 14.3. The normalized spacial score (nSPS) is 15.9. The van der Waals surface area contributed by atoms with Crippen molar-refractivity contribution >= 4 is 0 Å². The molecule has 0 rings (SSSR count). The molecule has 0 aliphatic carbocycles. The van der Waals surface area contributed by atoms with Gasteiger partial charge in [0.1, 0.15) is 0 Å². The van der Waals surface area contributed by atoms with Crippen LogP contribution in [0.2, 0.25) is 0 Å². The van der Waals surface area contributed by atoms with Gasteiger partial charge in [0.05, 0.1) is 18.6 Å². The minimum absolute atomic E-state index is 0.0452. The molecule has 0 aliphatic rings. The third kappa shape index (κ3) is 5.26. The van der Waals surface area contributed by atoms with Crippen molar-refractivity contribution in [2.45, 2.75) is 41.5 Å². The van der Waals surface area contributed by atoms with Crippen LogP contribution in [0.1, 0.15) is 41.5 Å². The van der Waals surface area contributed by atoms with Crippen LogP contribution in [-0.4, -0.2) is 12.2 Å². The molecule has 0 aliphatic heterocycles. The Morgan fingerprint density at radius 2 is 1.33 bits per heavy atom. The van der Waals surface area contributed by atoms with Gasteiger partial charge in [0.25, 0.3) is 0 Å². The molecule has 0 amide bonds. The van der Waals surface area contributed by atoms with Gasteiger partial charge in [-0.1, -0.05) is 37.1 Å². The van der Waals surface area contributed by atoms with E-state index in [1.807, 2.05) is 19.1 Å². The first-order valence-electron chi connectivity index (χ1n) is 6.16. The Bertz CT molecular complexity index is 389. The van der Waals surface area contributed by atoms with E-state index >= 15 is 0 Å². The summed E-state index contributed by atoms with van der Waals surface area (Å²) in [6.07, 6.45) is 7.73. The van der Waals surface area contributed by atoms with Gasteiger partial charge in [0.2, 0.25) is 0 Å². The Labute approximate surface area is 111 Å². The number of hydrogen-bond donors (Lipinski definition) is 1. The number of aliphatic hydroxyl groups excluding tert-OH is 1. The minimum Gasteiger partial charge on any atom is -0.513 e. The van der Waals surface area contributed by atoms with Gasteiger partial charge in [0, 0.05) is 5.41 Å². The van der Waals surface area contributed by atoms with Gasteiger partial charge in [-0.2, -0.15) is 0 Å². The summed E-state index contributed by atoms with van der Waals surface area (Å²) in [4.78, 5) is 0. The van der Waals surface area contributed by atoms with Crippen molar-refractivity contribution in [3.63, 3.8) is 0 Å². The van der Waals surface area contributed by atoms with Crippen LogP contribution in [0.25, 0.3) is 0 Å². The SMILES string of the molecule is CO/C(C)=C/C=C(\C)C(C)(C)/C(C)=C/C=C(\C)O. The standard InChI is InChI=1S/C16H26O2/c1-12(8-10-14(3)17)16(5,6)13(2)9-11-15(4)18-7/h8-11,17H,1-7H3/b12-8+,13-9+,14-10+,15-11+. The summed E-state index contributed by atoms with van der Waals surface area (Å²) in [7, 11) is 1.67. The van der Waals surface area contributed by atoms with Crippen LogP contribution in [0.15, 0.2) is 47.0 Å². The molecule has 2 nitrogen and oxygen atoms in total. The fourth-order valence-corrected chi connectivity index (χ4v) is 1.28. The Hall–Kier alpha value is -1.44. The molecule has 0 spiro atoms. The average Bonchev–Trinajstić information content (AvgIpc) is 2.31. The second-order valence-corrected chi connectivity index (χ2v) is 5.11. The lowest BCUT2D eigenvalue weighted by molar-refractivity contribution is 0.293. The highest BCUT2D eigenvalue weighted by molar-refractivity contribution is 5.30. The summed E-state index contributed by atoms with van der Waals surface area (Å²) in [6.45, 7) is 12.1. The van der Waals surface area contributed by atoms with Crippen LogP contribution >= 0.6 is 0 Å². The van der Waals surface area contributed by atoms with Crippen molar-refractivity contribution in [1.82, 2.24) is 0 Å². The zero-order valence-electron chi connectivity index (χ0n) is 12.7. The lowest BCUT2D eigenvalue weighted by Gasteiger charge is -2.27. The third-order valence-electron chi connectivity index (χ3n) is 3.44. The molecule has 0 heterocycles. The monoisotopic (exact) mass is 250 g/mol. The van der Waals surface area contributed by atoms with Crippen LogP contribution in [0.3, 0.4) is 0 Å². The van der Waals surface area contributed by atoms with Gasteiger partial charge in [-0.3, -0.25) is 0 Å². The molecule has 0 aromatic carbocycles. The number of allylic oxidation sites excluding steroid dienone is 8. The molecule has 2 heteroatoms. The number of aliphatic hydroxyl groups is 1. The first-order chi connectivity index (χ1) is 8.21. The maximum Gasteiger partial charge on any atom is 0.0924 e. The average molecular weight is 250 g/mol. The van der Waals surface area contributed by atoms with E-state index in [2.05, 4.69) is 33.8 Å². The molecule has 0 saturated heterocycles. The summed E-state index contributed by atoms with van der Waals surface area (Å²) in [5.41, 5.74) is 2.40. The van der Waals surface area contributed by atoms with E-state index in [4.69, 9.17) is 4.74 Å². The zero-order valence-corrected chi connectivity index (χ0v) is 12.7. The molecule has 0 aromatic heterocycles. The van der Waals surface area contributed by atoms with Gasteiger partial charge in [-0.15, -0.1) is 0 Å². The predicted octanol–water partition coefficient (Wildman–Crippen LogP) is 4.92. The largest absolute Gasteiger partial charge is 0.513 e. The van der Waals surface area contributed by atoms with Crippen molar-refractivity contribution in [3.8, 4) is 0 Å². The van der Waals surface area contributed by atoms with Crippen LogP contribution < -0.4 is 0 Å². The summed E-state index contributed by atoms with van der Waals surface area (Å²) >= 11 is 0. The van der Waals surface area contributed by atoms with Gasteiger partial charge < -0.3 is 9.84 Å². The van der Waals surface area contributed by atoms with Crippen molar-refractivity contribution < 1.29 is 9.84 Å². The van der Waals surface area contributed by atoms with E-state index in [0.29, 0.717) is 5.76 Å². The van der Waals surface area contributed by atoms with Crippen molar-refractivity contribution in [2.24, 2.45) is 5.41 Å². The molecule has 0 fully saturated rings. The fraction of sp³-hybridized carbons (Fsp3) is 0.500. The third-order valence-corrected chi connectivity index (χ3v) is 3.44. The molecule has 18 heavy (non-hydrogen) atoms. The van der Waals surface area contributed by atoms with Crippen LogP contribution in [-0.2, 0) is 4.74 Å². The number of methoxy groups -OCH3 is 1. The quantitative estimate of drug-likeness (QED) is 0.554. The highest BCUT2D eigenvalue weighted by Gasteiger charge is 2.21. The summed E-state index contributed by atoms with van der Waals surface area (Å²) < 4.78 is 5.11. The molecular formula is C16H26O2. The molecule has 0 unspecified atom stereocenters. The second kappa shape index (κ2) is 7.10. The maximum absolute atomic E-state index is 9.19. The Kier molecular flexibility index (Phi) is 6.53. The molecule has 102 valence electrons. The lowest BCUT2D eigenvalue weighted by Crippen LogP contribution is -2.14. The van der Waals surface area contributed by atoms with E-state index in [0.717, 1.165) is 5.76 Å². The minimum atomic E-state index is -0.0452. The molecule has 0 bridgehead atoms. The van der Waals surface area contributed by atoms with Crippen molar-refractivity contribution in [3.05, 3.63) is 47.0 Å². The molecule has 0 atom stereocenters. The van der Waals surface area contributed by atoms with E-state index < -0.39 is 0 Å². The Morgan fingerprint density at radius 1 is 0.889 bits per heavy atom. The molecule has 1 N–H and O–H groups in total. The van der Waals surface area contributed by atoms with Gasteiger partial charge >= 0.3 is 0 Å². The first-order valence-corrected chi connectivity index (χ1v) is 6.16. The highest BCUT2D eigenvalue weighted by atomic mass is 16.5. The van der Waals surface area contributed by atoms with Crippen LogP contribution in [0.4, 0.5) is 0 Å². The maximum atomic E-state index is 9.19. The van der Waals surface area contributed by atoms with E-state index in [9.17, 15) is 5.11 Å². The molecule has 0 radical (unpaired) electrons. The first kappa shape index (κ1) is 16.6. The van der Waals surface area contributed by atoms with Crippen LogP contribution in [0, 0.1) is 5.41 Å². The number of ether oxygens (including phenoxy) is 1. The topological polar surface area (TPSA) is 29.5 Å². The predicted molar refractivity (Wildman–Crippen MR) is 78.4 cm³/mol. The Balaban J connectivity index is 5.14. The van der Waals surface area contributed by atoms with Crippen LogP contribution in [0.5, 0.6) is 0 Å². The van der Waals surface area contributed by atoms with E-state index in [-0.39, 0.29) is 5.41 Å². The molecule has 0 aromatic rings. The summed E-state index contributed by atoms with van der Waals surface area (Å²) in [5.74, 6) is 1.21. The lowest BCUT2D eigenvalue weighted by atomic mass is 9.78. The second-order valence-electron chi connectivity index (χ2n) is 5.11. The summed E-state index contributed by atoms with van der Waals surface area (Å²) in [5, 5.41) is 9.19. The fourth-order valence-electron chi connectivity index (χ4n) is 1.28. The molecule has 0 saturated carbocycles. The van der Waals surface area contributed by atoms with E-state index in [1.165, 1.54) is 11.1 Å².